The van der Waals surface area contributed by atoms with Crippen LogP contribution in [0.15, 0.2) is 41.6 Å². The molecule has 0 spiro atoms. The van der Waals surface area contributed by atoms with Crippen LogP contribution in [0.3, 0.4) is 0 Å². The van der Waals surface area contributed by atoms with Crippen molar-refractivity contribution < 1.29 is 15.1 Å². The molecule has 104 valence electrons. The molecule has 2 aromatic carbocycles. The lowest BCUT2D eigenvalue weighted by molar-refractivity contribution is 0.0946. The zero-order valence-electron chi connectivity index (χ0n) is 10.9. The summed E-state index contributed by atoms with van der Waals surface area (Å²) in [6.45, 7) is 1.57. The number of oxime groups is 1. The molecule has 6 heteroatoms. The second kappa shape index (κ2) is 5.48. The van der Waals surface area contributed by atoms with Crippen LogP contribution in [-0.2, 0) is 0 Å². The Labute approximate surface area is 115 Å². The summed E-state index contributed by atoms with van der Waals surface area (Å²) in [5.74, 6) is -0.696. The molecule has 0 aliphatic heterocycles. The molecule has 0 aromatic heterocycles. The van der Waals surface area contributed by atoms with E-state index in [4.69, 9.17) is 10.9 Å². The van der Waals surface area contributed by atoms with Crippen molar-refractivity contribution in [3.05, 3.63) is 42.0 Å². The highest BCUT2D eigenvalue weighted by Crippen LogP contribution is 2.28. The molecule has 2 aromatic rings. The van der Waals surface area contributed by atoms with E-state index in [0.29, 0.717) is 5.39 Å². The van der Waals surface area contributed by atoms with Crippen LogP contribution < -0.4 is 11.1 Å². The van der Waals surface area contributed by atoms with Crippen molar-refractivity contribution >= 4 is 22.5 Å². The fourth-order valence-corrected chi connectivity index (χ4v) is 1.87. The molecule has 0 heterocycles. The molecule has 0 radical (unpaired) electrons. The van der Waals surface area contributed by atoms with E-state index in [1.165, 1.54) is 6.07 Å². The van der Waals surface area contributed by atoms with E-state index in [-0.39, 0.29) is 17.1 Å². The molecular weight excluding hydrogens is 258 g/mol. The van der Waals surface area contributed by atoms with Crippen molar-refractivity contribution in [2.45, 2.75) is 13.0 Å². The molecule has 0 fully saturated rings. The normalized spacial score (nSPS) is 13.2. The predicted molar refractivity (Wildman–Crippen MR) is 75.9 cm³/mol. The van der Waals surface area contributed by atoms with Crippen molar-refractivity contribution in [2.24, 2.45) is 10.9 Å². The SMILES string of the molecule is CC(NC(=O)c1ccc2ccccc2c1O)/C(N)=N/O. The number of phenols is 1. The second-order valence-electron chi connectivity index (χ2n) is 4.40. The molecular formula is C14H15N3O3. The van der Waals surface area contributed by atoms with Gasteiger partial charge in [-0.05, 0) is 18.4 Å². The van der Waals surface area contributed by atoms with Gasteiger partial charge < -0.3 is 21.4 Å². The molecule has 20 heavy (non-hydrogen) atoms. The van der Waals surface area contributed by atoms with Crippen LogP contribution in [0.1, 0.15) is 17.3 Å². The Hall–Kier alpha value is -2.76. The molecule has 0 bridgehead atoms. The Morgan fingerprint density at radius 1 is 1.30 bits per heavy atom. The van der Waals surface area contributed by atoms with Gasteiger partial charge in [0.05, 0.1) is 11.6 Å². The van der Waals surface area contributed by atoms with Crippen molar-refractivity contribution in [2.75, 3.05) is 0 Å². The first-order valence-corrected chi connectivity index (χ1v) is 6.03. The van der Waals surface area contributed by atoms with Crippen LogP contribution in [-0.4, -0.2) is 28.1 Å². The molecule has 0 saturated heterocycles. The van der Waals surface area contributed by atoms with E-state index in [2.05, 4.69) is 10.5 Å². The third-order valence-electron chi connectivity index (χ3n) is 3.05. The molecule has 1 atom stereocenters. The summed E-state index contributed by atoms with van der Waals surface area (Å²) in [7, 11) is 0. The number of aromatic hydroxyl groups is 1. The summed E-state index contributed by atoms with van der Waals surface area (Å²) in [5, 5.41) is 25.5. The van der Waals surface area contributed by atoms with Gasteiger partial charge >= 0.3 is 0 Å². The minimum Gasteiger partial charge on any atom is -0.506 e. The number of nitrogens with one attached hydrogen (secondary N) is 1. The number of fused-ring (bicyclic) bond motifs is 1. The molecule has 6 nitrogen and oxygen atoms in total. The van der Waals surface area contributed by atoms with Gasteiger partial charge in [-0.1, -0.05) is 35.5 Å². The van der Waals surface area contributed by atoms with Gasteiger partial charge in [-0.15, -0.1) is 0 Å². The Bertz CT molecular complexity index is 682. The van der Waals surface area contributed by atoms with Crippen LogP contribution in [0.25, 0.3) is 10.8 Å². The summed E-state index contributed by atoms with van der Waals surface area (Å²) in [6.07, 6.45) is 0. The highest BCUT2D eigenvalue weighted by atomic mass is 16.4. The lowest BCUT2D eigenvalue weighted by atomic mass is 10.0. The van der Waals surface area contributed by atoms with E-state index in [1.807, 2.05) is 12.1 Å². The number of amidine groups is 1. The molecule has 5 N–H and O–H groups in total. The Balaban J connectivity index is 2.33. The van der Waals surface area contributed by atoms with Gasteiger partial charge in [-0.3, -0.25) is 4.79 Å². The van der Waals surface area contributed by atoms with Crippen molar-refractivity contribution in [3.8, 4) is 5.75 Å². The molecule has 1 unspecified atom stereocenters. The fourth-order valence-electron chi connectivity index (χ4n) is 1.87. The van der Waals surface area contributed by atoms with Crippen molar-refractivity contribution in [1.29, 1.82) is 0 Å². The van der Waals surface area contributed by atoms with Crippen LogP contribution in [0, 0.1) is 0 Å². The maximum absolute atomic E-state index is 12.1. The fraction of sp³-hybridized carbons (Fsp3) is 0.143. The minimum atomic E-state index is -0.640. The number of hydrogen-bond acceptors (Lipinski definition) is 4. The highest BCUT2D eigenvalue weighted by molar-refractivity contribution is 6.05. The van der Waals surface area contributed by atoms with Gasteiger partial charge in [0.2, 0.25) is 0 Å². The quantitative estimate of drug-likeness (QED) is 0.293. The largest absolute Gasteiger partial charge is 0.506 e. The Morgan fingerprint density at radius 2 is 2.00 bits per heavy atom. The van der Waals surface area contributed by atoms with E-state index >= 15 is 0 Å². The topological polar surface area (TPSA) is 108 Å². The summed E-state index contributed by atoms with van der Waals surface area (Å²) in [5.41, 5.74) is 5.53. The first kappa shape index (κ1) is 13.7. The van der Waals surface area contributed by atoms with Gasteiger partial charge in [-0.2, -0.15) is 0 Å². The number of amides is 1. The van der Waals surface area contributed by atoms with Crippen LogP contribution in [0.5, 0.6) is 5.75 Å². The second-order valence-corrected chi connectivity index (χ2v) is 4.40. The third-order valence-corrected chi connectivity index (χ3v) is 3.05. The number of nitrogens with two attached hydrogens (primary N) is 1. The third kappa shape index (κ3) is 2.49. The number of hydrogen-bond donors (Lipinski definition) is 4. The van der Waals surface area contributed by atoms with Gasteiger partial charge in [0.15, 0.2) is 5.84 Å². The van der Waals surface area contributed by atoms with E-state index < -0.39 is 11.9 Å². The number of benzene rings is 2. The van der Waals surface area contributed by atoms with Gasteiger partial charge in [0.1, 0.15) is 5.75 Å². The zero-order valence-corrected chi connectivity index (χ0v) is 10.9. The van der Waals surface area contributed by atoms with E-state index in [1.54, 1.807) is 25.1 Å². The summed E-state index contributed by atoms with van der Waals surface area (Å²) in [4.78, 5) is 12.1. The number of nitrogens with zero attached hydrogens (tertiary/aromatic N) is 1. The summed E-state index contributed by atoms with van der Waals surface area (Å²) in [6, 6.07) is 9.84. The van der Waals surface area contributed by atoms with Gasteiger partial charge in [0, 0.05) is 5.39 Å². The lowest BCUT2D eigenvalue weighted by Crippen LogP contribution is -2.42. The molecule has 2 rings (SSSR count). The maximum atomic E-state index is 12.1. The first-order valence-electron chi connectivity index (χ1n) is 6.03. The molecule has 0 aliphatic rings. The molecule has 0 saturated carbocycles. The van der Waals surface area contributed by atoms with Gasteiger partial charge in [-0.25, -0.2) is 0 Å². The summed E-state index contributed by atoms with van der Waals surface area (Å²) >= 11 is 0. The molecule has 1 amide bonds. The number of rotatable bonds is 3. The average Bonchev–Trinajstić information content (AvgIpc) is 2.46. The lowest BCUT2D eigenvalue weighted by Gasteiger charge is -2.13. The maximum Gasteiger partial charge on any atom is 0.255 e. The standard InChI is InChI=1S/C14H15N3O3/c1-8(13(15)17-20)16-14(19)11-7-6-9-4-2-3-5-10(9)12(11)18/h2-8,18,20H,1H3,(H2,15,17)(H,16,19). The monoisotopic (exact) mass is 273 g/mol. The minimum absolute atomic E-state index is 0.0905. The predicted octanol–water partition coefficient (Wildman–Crippen LogP) is 1.41. The van der Waals surface area contributed by atoms with Crippen molar-refractivity contribution in [1.82, 2.24) is 5.32 Å². The van der Waals surface area contributed by atoms with Crippen LogP contribution >= 0.6 is 0 Å². The van der Waals surface area contributed by atoms with Crippen molar-refractivity contribution in [3.63, 3.8) is 0 Å². The number of carbonyl (C=O) groups is 1. The van der Waals surface area contributed by atoms with E-state index in [9.17, 15) is 9.90 Å². The highest BCUT2D eigenvalue weighted by Gasteiger charge is 2.17. The number of phenolic OH excluding ortho intramolecular Hbond substituents is 1. The Morgan fingerprint density at radius 3 is 2.70 bits per heavy atom. The smallest absolute Gasteiger partial charge is 0.255 e. The average molecular weight is 273 g/mol. The van der Waals surface area contributed by atoms with Crippen LogP contribution in [0.2, 0.25) is 0 Å². The first-order chi connectivity index (χ1) is 9.54. The summed E-state index contributed by atoms with van der Waals surface area (Å²) < 4.78 is 0. The zero-order chi connectivity index (χ0) is 14.7. The van der Waals surface area contributed by atoms with Gasteiger partial charge in [0.25, 0.3) is 5.91 Å². The van der Waals surface area contributed by atoms with E-state index in [0.717, 1.165) is 5.39 Å². The molecule has 0 aliphatic carbocycles. The number of carbonyl (C=O) groups excluding carboxylic acids is 1. The van der Waals surface area contributed by atoms with Crippen LogP contribution in [0.4, 0.5) is 0 Å². The Kier molecular flexibility index (Phi) is 3.74.